The lowest BCUT2D eigenvalue weighted by atomic mass is 10.2. The molecule has 1 rings (SSSR count). The predicted molar refractivity (Wildman–Crippen MR) is 72.1 cm³/mol. The van der Waals surface area contributed by atoms with Crippen molar-refractivity contribution in [1.82, 2.24) is 0 Å². The lowest BCUT2D eigenvalue weighted by Crippen LogP contribution is -2.23. The van der Waals surface area contributed by atoms with Gasteiger partial charge in [0.1, 0.15) is 5.75 Å². The number of rotatable bonds is 6. The second-order valence-corrected chi connectivity index (χ2v) is 4.21. The van der Waals surface area contributed by atoms with E-state index in [4.69, 9.17) is 9.47 Å². The van der Waals surface area contributed by atoms with Crippen LogP contribution in [0, 0.1) is 0 Å². The van der Waals surface area contributed by atoms with E-state index in [2.05, 4.69) is 19.1 Å². The SMILES string of the molecule is CC=Cc1cccc(OC(CC)OC(C)C)c1. The maximum absolute atomic E-state index is 5.81. The highest BCUT2D eigenvalue weighted by Gasteiger charge is 2.10. The molecule has 1 aromatic rings. The van der Waals surface area contributed by atoms with E-state index in [0.717, 1.165) is 17.7 Å². The van der Waals surface area contributed by atoms with Crippen LogP contribution in [0.1, 0.15) is 39.7 Å². The van der Waals surface area contributed by atoms with Gasteiger partial charge in [0.05, 0.1) is 6.10 Å². The van der Waals surface area contributed by atoms with Crippen molar-refractivity contribution in [3.05, 3.63) is 35.9 Å². The molecule has 0 heterocycles. The molecule has 0 N–H and O–H groups in total. The summed E-state index contributed by atoms with van der Waals surface area (Å²) in [4.78, 5) is 0. The van der Waals surface area contributed by atoms with E-state index in [1.165, 1.54) is 0 Å². The molecule has 1 atom stereocenters. The van der Waals surface area contributed by atoms with E-state index in [-0.39, 0.29) is 12.4 Å². The first-order valence-corrected chi connectivity index (χ1v) is 6.20. The topological polar surface area (TPSA) is 18.5 Å². The molecule has 0 aromatic heterocycles. The molecule has 0 fully saturated rings. The van der Waals surface area contributed by atoms with Crippen molar-refractivity contribution in [2.45, 2.75) is 46.5 Å². The average molecular weight is 234 g/mol. The Balaban J connectivity index is 2.68. The lowest BCUT2D eigenvalue weighted by Gasteiger charge is -2.20. The molecule has 94 valence electrons. The average Bonchev–Trinajstić information content (AvgIpc) is 2.28. The van der Waals surface area contributed by atoms with E-state index >= 15 is 0 Å². The highest BCUT2D eigenvalue weighted by atomic mass is 16.7. The van der Waals surface area contributed by atoms with E-state index in [0.29, 0.717) is 0 Å². The van der Waals surface area contributed by atoms with Crippen molar-refractivity contribution in [3.63, 3.8) is 0 Å². The fraction of sp³-hybridized carbons (Fsp3) is 0.467. The third-order valence-electron chi connectivity index (χ3n) is 2.24. The summed E-state index contributed by atoms with van der Waals surface area (Å²) in [6.07, 6.45) is 4.92. The Labute approximate surface area is 104 Å². The van der Waals surface area contributed by atoms with Crippen LogP contribution in [0.3, 0.4) is 0 Å². The number of hydrogen-bond acceptors (Lipinski definition) is 2. The van der Waals surface area contributed by atoms with E-state index in [1.54, 1.807) is 0 Å². The van der Waals surface area contributed by atoms with Gasteiger partial charge in [-0.25, -0.2) is 0 Å². The zero-order chi connectivity index (χ0) is 12.7. The molecule has 0 saturated heterocycles. The van der Waals surface area contributed by atoms with Gasteiger partial charge in [0.25, 0.3) is 0 Å². The second kappa shape index (κ2) is 7.13. The summed E-state index contributed by atoms with van der Waals surface area (Å²) in [5.41, 5.74) is 1.14. The molecule has 0 aliphatic rings. The monoisotopic (exact) mass is 234 g/mol. The second-order valence-electron chi connectivity index (χ2n) is 4.21. The van der Waals surface area contributed by atoms with Crippen LogP contribution in [0.15, 0.2) is 30.3 Å². The molecule has 2 heteroatoms. The summed E-state index contributed by atoms with van der Waals surface area (Å²) in [6.45, 7) is 8.09. The minimum atomic E-state index is -0.171. The Morgan fingerprint density at radius 3 is 2.65 bits per heavy atom. The molecule has 17 heavy (non-hydrogen) atoms. The summed E-state index contributed by atoms with van der Waals surface area (Å²) in [5.74, 6) is 0.855. The van der Waals surface area contributed by atoms with Gasteiger partial charge in [-0.05, 0) is 38.5 Å². The molecule has 0 radical (unpaired) electrons. The third-order valence-corrected chi connectivity index (χ3v) is 2.24. The van der Waals surface area contributed by atoms with Gasteiger partial charge in [0.15, 0.2) is 6.29 Å². The van der Waals surface area contributed by atoms with Crippen molar-refractivity contribution in [2.24, 2.45) is 0 Å². The van der Waals surface area contributed by atoms with Crippen molar-refractivity contribution in [1.29, 1.82) is 0 Å². The molecular formula is C15H22O2. The third kappa shape index (κ3) is 5.05. The largest absolute Gasteiger partial charge is 0.465 e. The van der Waals surface area contributed by atoms with Crippen LogP contribution in [-0.2, 0) is 4.74 Å². The van der Waals surface area contributed by atoms with Crippen molar-refractivity contribution in [2.75, 3.05) is 0 Å². The van der Waals surface area contributed by atoms with E-state index in [1.807, 2.05) is 45.0 Å². The first-order valence-electron chi connectivity index (χ1n) is 6.20. The van der Waals surface area contributed by atoms with Crippen LogP contribution in [-0.4, -0.2) is 12.4 Å². The van der Waals surface area contributed by atoms with Gasteiger partial charge in [-0.3, -0.25) is 0 Å². The number of allylic oxidation sites excluding steroid dienone is 1. The number of benzene rings is 1. The standard InChI is InChI=1S/C15H22O2/c1-5-8-13-9-7-10-14(11-13)17-15(6-2)16-12(3)4/h5,7-12,15H,6H2,1-4H3. The van der Waals surface area contributed by atoms with E-state index < -0.39 is 0 Å². The summed E-state index contributed by atoms with van der Waals surface area (Å²) in [6, 6.07) is 8.02. The zero-order valence-electron chi connectivity index (χ0n) is 11.1. The maximum atomic E-state index is 5.81. The minimum absolute atomic E-state index is 0.171. The summed E-state index contributed by atoms with van der Waals surface area (Å²) in [7, 11) is 0. The Kier molecular flexibility index (Phi) is 5.78. The molecule has 0 aliphatic carbocycles. The van der Waals surface area contributed by atoms with Gasteiger partial charge in [-0.15, -0.1) is 0 Å². The van der Waals surface area contributed by atoms with E-state index in [9.17, 15) is 0 Å². The predicted octanol–water partition coefficient (Wildman–Crippen LogP) is 4.26. The van der Waals surface area contributed by atoms with Gasteiger partial charge in [0.2, 0.25) is 0 Å². The van der Waals surface area contributed by atoms with Gasteiger partial charge in [-0.2, -0.15) is 0 Å². The van der Waals surface area contributed by atoms with Gasteiger partial charge >= 0.3 is 0 Å². The summed E-state index contributed by atoms with van der Waals surface area (Å²) in [5, 5.41) is 0. The molecule has 0 amide bonds. The van der Waals surface area contributed by atoms with Gasteiger partial charge in [-0.1, -0.05) is 31.2 Å². The molecule has 0 aliphatic heterocycles. The number of hydrogen-bond donors (Lipinski definition) is 0. The van der Waals surface area contributed by atoms with Crippen LogP contribution in [0.25, 0.3) is 6.08 Å². The smallest absolute Gasteiger partial charge is 0.199 e. The van der Waals surface area contributed by atoms with Crippen molar-refractivity contribution in [3.8, 4) is 5.75 Å². The van der Waals surface area contributed by atoms with Crippen LogP contribution in [0.2, 0.25) is 0 Å². The Morgan fingerprint density at radius 2 is 2.06 bits per heavy atom. The minimum Gasteiger partial charge on any atom is -0.465 e. The lowest BCUT2D eigenvalue weighted by molar-refractivity contribution is -0.109. The Bertz CT molecular complexity index is 356. The number of ether oxygens (including phenoxy) is 2. The Morgan fingerprint density at radius 1 is 1.29 bits per heavy atom. The molecular weight excluding hydrogens is 212 g/mol. The highest BCUT2D eigenvalue weighted by Crippen LogP contribution is 2.18. The molecule has 1 unspecified atom stereocenters. The molecule has 0 saturated carbocycles. The fourth-order valence-corrected chi connectivity index (χ4v) is 1.55. The normalized spacial score (nSPS) is 13.2. The van der Waals surface area contributed by atoms with Crippen molar-refractivity contribution < 1.29 is 9.47 Å². The van der Waals surface area contributed by atoms with Crippen LogP contribution < -0.4 is 4.74 Å². The molecule has 2 nitrogen and oxygen atoms in total. The fourth-order valence-electron chi connectivity index (χ4n) is 1.55. The Hall–Kier alpha value is -1.28. The summed E-state index contributed by atoms with van der Waals surface area (Å²) >= 11 is 0. The van der Waals surface area contributed by atoms with Crippen molar-refractivity contribution >= 4 is 6.08 Å². The highest BCUT2D eigenvalue weighted by molar-refractivity contribution is 5.51. The first-order chi connectivity index (χ1) is 8.15. The quantitative estimate of drug-likeness (QED) is 0.685. The van der Waals surface area contributed by atoms with Gasteiger partial charge < -0.3 is 9.47 Å². The zero-order valence-corrected chi connectivity index (χ0v) is 11.1. The molecule has 1 aromatic carbocycles. The van der Waals surface area contributed by atoms with Crippen LogP contribution >= 0.6 is 0 Å². The van der Waals surface area contributed by atoms with Crippen LogP contribution in [0.5, 0.6) is 5.75 Å². The summed E-state index contributed by atoms with van der Waals surface area (Å²) < 4.78 is 11.5. The molecule has 0 bridgehead atoms. The van der Waals surface area contributed by atoms with Gasteiger partial charge in [0, 0.05) is 6.42 Å². The van der Waals surface area contributed by atoms with Crippen LogP contribution in [0.4, 0.5) is 0 Å². The molecule has 0 spiro atoms. The maximum Gasteiger partial charge on any atom is 0.199 e. The first kappa shape index (κ1) is 13.8.